The van der Waals surface area contributed by atoms with Gasteiger partial charge in [-0.3, -0.25) is 9.78 Å². The molecule has 5 nitrogen and oxygen atoms in total. The summed E-state index contributed by atoms with van der Waals surface area (Å²) in [7, 11) is 0. The van der Waals surface area contributed by atoms with Crippen molar-refractivity contribution in [1.82, 2.24) is 15.0 Å². The molecule has 0 atom stereocenters. The minimum atomic E-state index is -0.164. The monoisotopic (exact) mass is 354 g/mol. The van der Waals surface area contributed by atoms with E-state index in [4.69, 9.17) is 0 Å². The first-order valence-corrected chi connectivity index (χ1v) is 9.02. The van der Waals surface area contributed by atoms with Gasteiger partial charge in [0, 0.05) is 18.4 Å². The summed E-state index contributed by atoms with van der Waals surface area (Å²) in [5, 5.41) is 0.526. The summed E-state index contributed by atoms with van der Waals surface area (Å²) in [5.41, 5.74) is 5.68. The maximum Gasteiger partial charge on any atom is 0.262 e. The van der Waals surface area contributed by atoms with Crippen molar-refractivity contribution in [3.05, 3.63) is 82.3 Å². The molecule has 0 amide bonds. The zero-order chi connectivity index (χ0) is 18.4. The van der Waals surface area contributed by atoms with Gasteiger partial charge < -0.3 is 4.90 Å². The van der Waals surface area contributed by atoms with Gasteiger partial charge in [0.1, 0.15) is 0 Å². The topological polar surface area (TPSA) is 61.9 Å². The summed E-state index contributed by atoms with van der Waals surface area (Å²) < 4.78 is 0. The summed E-state index contributed by atoms with van der Waals surface area (Å²) in [4.78, 5) is 27.0. The largest absolute Gasteiger partial charge is 0.311 e. The molecule has 0 saturated heterocycles. The molecule has 27 heavy (non-hydrogen) atoms. The lowest BCUT2D eigenvalue weighted by atomic mass is 10.0. The molecule has 2 aromatic carbocycles. The number of anilines is 2. The van der Waals surface area contributed by atoms with Crippen molar-refractivity contribution in [3.8, 4) is 11.1 Å². The molecule has 0 saturated carbocycles. The molecule has 0 aliphatic carbocycles. The van der Waals surface area contributed by atoms with Crippen molar-refractivity contribution in [2.45, 2.75) is 13.3 Å². The quantitative estimate of drug-likeness (QED) is 0.591. The second kappa shape index (κ2) is 6.06. The van der Waals surface area contributed by atoms with Gasteiger partial charge in [0.25, 0.3) is 5.56 Å². The van der Waals surface area contributed by atoms with Gasteiger partial charge in [-0.2, -0.15) is 4.98 Å². The van der Waals surface area contributed by atoms with Gasteiger partial charge in [-0.25, -0.2) is 4.98 Å². The Kier molecular flexibility index (Phi) is 3.53. The average Bonchev–Trinajstić information content (AvgIpc) is 3.12. The maximum absolute atomic E-state index is 13.0. The minimum absolute atomic E-state index is 0.164. The number of para-hydroxylation sites is 1. The van der Waals surface area contributed by atoms with Crippen molar-refractivity contribution in [2.75, 3.05) is 11.4 Å². The molecule has 0 fully saturated rings. The lowest BCUT2D eigenvalue weighted by Crippen LogP contribution is -2.21. The smallest absolute Gasteiger partial charge is 0.262 e. The molecule has 2 aromatic heterocycles. The summed E-state index contributed by atoms with van der Waals surface area (Å²) in [5.74, 6) is 0.547. The number of aromatic amines is 1. The van der Waals surface area contributed by atoms with Crippen molar-refractivity contribution in [1.29, 1.82) is 0 Å². The Morgan fingerprint density at radius 2 is 1.85 bits per heavy atom. The van der Waals surface area contributed by atoms with Crippen LogP contribution in [0.1, 0.15) is 11.1 Å². The van der Waals surface area contributed by atoms with Crippen LogP contribution in [0.2, 0.25) is 0 Å². The Morgan fingerprint density at radius 1 is 1.04 bits per heavy atom. The first-order valence-electron chi connectivity index (χ1n) is 9.02. The molecule has 1 aliphatic rings. The van der Waals surface area contributed by atoms with E-state index in [1.165, 1.54) is 11.1 Å². The van der Waals surface area contributed by atoms with E-state index in [1.807, 2.05) is 49.4 Å². The SMILES string of the molecule is Cc1ccc(-c2ccnc3nc(N4CCc5ccccc54)[nH]c(=O)c23)cc1. The number of benzene rings is 2. The predicted octanol–water partition coefficient (Wildman–Crippen LogP) is 3.99. The van der Waals surface area contributed by atoms with Gasteiger partial charge in [-0.1, -0.05) is 48.0 Å². The van der Waals surface area contributed by atoms with Gasteiger partial charge in [0.05, 0.1) is 5.39 Å². The van der Waals surface area contributed by atoms with Crippen LogP contribution < -0.4 is 10.5 Å². The Balaban J connectivity index is 1.67. The zero-order valence-corrected chi connectivity index (χ0v) is 14.9. The molecule has 4 aromatic rings. The van der Waals surface area contributed by atoms with Gasteiger partial charge in [0.15, 0.2) is 5.65 Å². The highest BCUT2D eigenvalue weighted by molar-refractivity contribution is 5.92. The fraction of sp³-hybridized carbons (Fsp3) is 0.136. The van der Waals surface area contributed by atoms with Crippen LogP contribution in [-0.2, 0) is 6.42 Å². The number of hydrogen-bond donors (Lipinski definition) is 1. The first kappa shape index (κ1) is 15.8. The number of nitrogens with zero attached hydrogens (tertiary/aromatic N) is 3. The standard InChI is InChI=1S/C22H18N4O/c1-14-6-8-15(9-7-14)17-10-12-23-20-19(17)21(27)25-22(24-20)26-13-11-16-4-2-3-5-18(16)26/h2-10,12H,11,13H2,1H3,(H,23,24,25,27). The lowest BCUT2D eigenvalue weighted by Gasteiger charge is -2.18. The molecular weight excluding hydrogens is 336 g/mol. The van der Waals surface area contributed by atoms with Gasteiger partial charge in [0.2, 0.25) is 5.95 Å². The number of nitrogens with one attached hydrogen (secondary N) is 1. The fourth-order valence-electron chi connectivity index (χ4n) is 3.71. The van der Waals surface area contributed by atoms with Crippen molar-refractivity contribution in [2.24, 2.45) is 0 Å². The van der Waals surface area contributed by atoms with Crippen LogP contribution in [0.4, 0.5) is 11.6 Å². The van der Waals surface area contributed by atoms with E-state index in [-0.39, 0.29) is 5.56 Å². The van der Waals surface area contributed by atoms with Gasteiger partial charge >= 0.3 is 0 Å². The number of hydrogen-bond acceptors (Lipinski definition) is 4. The molecule has 5 heteroatoms. The van der Waals surface area contributed by atoms with Crippen molar-refractivity contribution >= 4 is 22.7 Å². The van der Waals surface area contributed by atoms with E-state index in [1.54, 1.807) is 6.20 Å². The number of fused-ring (bicyclic) bond motifs is 2. The second-order valence-corrected chi connectivity index (χ2v) is 6.84. The molecule has 1 N–H and O–H groups in total. The molecule has 3 heterocycles. The second-order valence-electron chi connectivity index (χ2n) is 6.84. The normalized spacial score (nSPS) is 13.1. The van der Waals surface area contributed by atoms with E-state index >= 15 is 0 Å². The van der Waals surface area contributed by atoms with Crippen molar-refractivity contribution < 1.29 is 0 Å². The zero-order valence-electron chi connectivity index (χ0n) is 14.9. The van der Waals surface area contributed by atoms with Gasteiger partial charge in [-0.15, -0.1) is 0 Å². The van der Waals surface area contributed by atoms with Crippen LogP contribution in [-0.4, -0.2) is 21.5 Å². The number of aryl methyl sites for hydroxylation is 1. The molecule has 1 aliphatic heterocycles. The van der Waals surface area contributed by atoms with Crippen LogP contribution in [0.15, 0.2) is 65.6 Å². The highest BCUT2D eigenvalue weighted by atomic mass is 16.1. The highest BCUT2D eigenvalue weighted by Gasteiger charge is 2.23. The van der Waals surface area contributed by atoms with E-state index < -0.39 is 0 Å². The third kappa shape index (κ3) is 2.59. The Morgan fingerprint density at radius 3 is 2.70 bits per heavy atom. The number of rotatable bonds is 2. The van der Waals surface area contributed by atoms with Crippen LogP contribution in [0.25, 0.3) is 22.2 Å². The van der Waals surface area contributed by atoms with Gasteiger partial charge in [-0.05, 0) is 42.2 Å². The molecule has 5 rings (SSSR count). The molecule has 0 unspecified atom stereocenters. The molecule has 0 spiro atoms. The van der Waals surface area contributed by atoms with Crippen LogP contribution in [0.5, 0.6) is 0 Å². The van der Waals surface area contributed by atoms with Crippen LogP contribution in [0, 0.1) is 6.92 Å². The molecule has 0 radical (unpaired) electrons. The third-order valence-electron chi connectivity index (χ3n) is 5.10. The lowest BCUT2D eigenvalue weighted by molar-refractivity contribution is 0.938. The summed E-state index contributed by atoms with van der Waals surface area (Å²) in [6.07, 6.45) is 2.65. The first-order chi connectivity index (χ1) is 13.2. The third-order valence-corrected chi connectivity index (χ3v) is 5.10. The van der Waals surface area contributed by atoms with Crippen molar-refractivity contribution in [3.63, 3.8) is 0 Å². The number of pyridine rings is 1. The molecular formula is C22H18N4O. The summed E-state index contributed by atoms with van der Waals surface area (Å²) in [6.45, 7) is 2.84. The maximum atomic E-state index is 13.0. The number of H-pyrrole nitrogens is 1. The van der Waals surface area contributed by atoms with Crippen LogP contribution in [0.3, 0.4) is 0 Å². The summed E-state index contributed by atoms with van der Waals surface area (Å²) in [6, 6.07) is 18.2. The Bertz CT molecular complexity index is 1210. The predicted molar refractivity (Wildman–Crippen MR) is 107 cm³/mol. The number of aromatic nitrogens is 3. The van der Waals surface area contributed by atoms with E-state index in [2.05, 4.69) is 32.0 Å². The average molecular weight is 354 g/mol. The van der Waals surface area contributed by atoms with E-state index in [0.29, 0.717) is 17.0 Å². The highest BCUT2D eigenvalue weighted by Crippen LogP contribution is 2.33. The van der Waals surface area contributed by atoms with Crippen LogP contribution >= 0.6 is 0 Å². The van der Waals surface area contributed by atoms with E-state index in [0.717, 1.165) is 29.8 Å². The summed E-state index contributed by atoms with van der Waals surface area (Å²) >= 11 is 0. The molecule has 0 bridgehead atoms. The Labute approximate surface area is 156 Å². The van der Waals surface area contributed by atoms with E-state index in [9.17, 15) is 4.79 Å². The molecule has 132 valence electrons. The fourth-order valence-corrected chi connectivity index (χ4v) is 3.71. The minimum Gasteiger partial charge on any atom is -0.311 e. The Hall–Kier alpha value is -3.47.